The molecule has 3 N–H and O–H groups in total. The van der Waals surface area contributed by atoms with E-state index in [1.807, 2.05) is 25.1 Å². The molecule has 2 atom stereocenters. The lowest BCUT2D eigenvalue weighted by Gasteiger charge is -2.18. The Kier molecular flexibility index (Phi) is 4.22. The third-order valence-electron chi connectivity index (χ3n) is 4.09. The minimum atomic E-state index is -0.546. The highest BCUT2D eigenvalue weighted by molar-refractivity contribution is 5.83. The molecular weight excluding hydrogens is 276 g/mol. The second kappa shape index (κ2) is 6.30. The number of hydrogen-bond acceptors (Lipinski definition) is 3. The summed E-state index contributed by atoms with van der Waals surface area (Å²) in [4.78, 5) is 6.92. The quantitative estimate of drug-likeness (QED) is 0.678. The van der Waals surface area contributed by atoms with Gasteiger partial charge in [0.2, 0.25) is 0 Å². The predicted octanol–water partition coefficient (Wildman–Crippen LogP) is 2.97. The van der Waals surface area contributed by atoms with Gasteiger partial charge >= 0.3 is 0 Å². The normalized spacial score (nSPS) is 14.1. The zero-order chi connectivity index (χ0) is 15.5. The summed E-state index contributed by atoms with van der Waals surface area (Å²) in [6.07, 6.45) is 3.49. The van der Waals surface area contributed by atoms with Crippen LogP contribution in [-0.2, 0) is 13.0 Å². The molecule has 3 aromatic rings. The second-order valence-electron chi connectivity index (χ2n) is 5.81. The van der Waals surface area contributed by atoms with Crippen molar-refractivity contribution < 1.29 is 10.2 Å². The number of aromatic amines is 1. The molecular formula is C18H20N2O2. The zero-order valence-electron chi connectivity index (χ0n) is 12.5. The molecule has 0 amide bonds. The van der Waals surface area contributed by atoms with Gasteiger partial charge in [0, 0.05) is 0 Å². The lowest BCUT2D eigenvalue weighted by molar-refractivity contribution is 0.114. The van der Waals surface area contributed by atoms with Crippen LogP contribution in [0.4, 0.5) is 0 Å². The number of benzene rings is 2. The van der Waals surface area contributed by atoms with Crippen LogP contribution in [-0.4, -0.2) is 20.2 Å². The number of nitrogens with one attached hydrogen (secondary N) is 1. The Morgan fingerprint density at radius 1 is 1.09 bits per heavy atom. The first-order valence-electron chi connectivity index (χ1n) is 7.46. The first kappa shape index (κ1) is 14.8. The van der Waals surface area contributed by atoms with Crippen LogP contribution in [0.15, 0.2) is 48.9 Å². The zero-order valence-corrected chi connectivity index (χ0v) is 12.5. The van der Waals surface area contributed by atoms with E-state index < -0.39 is 6.10 Å². The molecule has 0 aliphatic rings. The molecule has 4 nitrogen and oxygen atoms in total. The fourth-order valence-electron chi connectivity index (χ4n) is 2.79. The monoisotopic (exact) mass is 296 g/mol. The Labute approximate surface area is 129 Å². The number of imidazole rings is 1. The predicted molar refractivity (Wildman–Crippen MR) is 86.3 cm³/mol. The van der Waals surface area contributed by atoms with Crippen molar-refractivity contribution in [2.75, 3.05) is 0 Å². The number of aromatic nitrogens is 2. The van der Waals surface area contributed by atoms with Crippen LogP contribution in [0.3, 0.4) is 0 Å². The minimum Gasteiger partial charge on any atom is -0.392 e. The van der Waals surface area contributed by atoms with Gasteiger partial charge in [0.1, 0.15) is 0 Å². The SMILES string of the molecule is CC(Cc1ccc2cc(CO)ccc2c1)C(O)c1cnc[nH]1. The Morgan fingerprint density at radius 2 is 1.77 bits per heavy atom. The van der Waals surface area contributed by atoms with Crippen molar-refractivity contribution in [1.29, 1.82) is 0 Å². The number of hydrogen-bond donors (Lipinski definition) is 3. The molecule has 0 saturated carbocycles. The van der Waals surface area contributed by atoms with Gasteiger partial charge in [0.05, 0.1) is 30.9 Å². The van der Waals surface area contributed by atoms with Crippen LogP contribution in [0.25, 0.3) is 10.8 Å². The fourth-order valence-corrected chi connectivity index (χ4v) is 2.79. The highest BCUT2D eigenvalue weighted by Crippen LogP contribution is 2.25. The lowest BCUT2D eigenvalue weighted by atomic mass is 9.93. The van der Waals surface area contributed by atoms with Gasteiger partial charge in [-0.2, -0.15) is 0 Å². The van der Waals surface area contributed by atoms with Gasteiger partial charge in [-0.25, -0.2) is 4.98 Å². The highest BCUT2D eigenvalue weighted by Gasteiger charge is 2.18. The highest BCUT2D eigenvalue weighted by atomic mass is 16.3. The first-order valence-corrected chi connectivity index (χ1v) is 7.46. The summed E-state index contributed by atoms with van der Waals surface area (Å²) in [5.74, 6) is 0.0922. The summed E-state index contributed by atoms with van der Waals surface area (Å²) in [5.41, 5.74) is 2.86. The van der Waals surface area contributed by atoms with Gasteiger partial charge in [-0.3, -0.25) is 0 Å². The molecule has 3 rings (SSSR count). The molecule has 0 fully saturated rings. The summed E-state index contributed by atoms with van der Waals surface area (Å²) in [5, 5.41) is 21.8. The fraction of sp³-hybridized carbons (Fsp3) is 0.278. The number of aliphatic hydroxyl groups is 2. The molecule has 0 bridgehead atoms. The molecule has 0 aliphatic carbocycles. The smallest absolute Gasteiger partial charge is 0.0982 e. The van der Waals surface area contributed by atoms with Crippen molar-refractivity contribution in [2.45, 2.75) is 26.1 Å². The maximum atomic E-state index is 10.3. The van der Waals surface area contributed by atoms with E-state index in [1.165, 1.54) is 5.56 Å². The molecule has 0 radical (unpaired) electrons. The number of H-pyrrole nitrogens is 1. The van der Waals surface area contributed by atoms with Crippen molar-refractivity contribution in [1.82, 2.24) is 9.97 Å². The van der Waals surface area contributed by atoms with Crippen molar-refractivity contribution >= 4 is 10.8 Å². The van der Waals surface area contributed by atoms with Gasteiger partial charge in [0.15, 0.2) is 0 Å². The van der Waals surface area contributed by atoms with E-state index in [-0.39, 0.29) is 12.5 Å². The Balaban J connectivity index is 1.79. The number of nitrogens with zero attached hydrogens (tertiary/aromatic N) is 1. The first-order chi connectivity index (χ1) is 10.7. The Bertz CT molecular complexity index is 753. The molecule has 2 unspecified atom stereocenters. The van der Waals surface area contributed by atoms with E-state index in [0.29, 0.717) is 0 Å². The number of aliphatic hydroxyl groups excluding tert-OH is 2. The van der Waals surface area contributed by atoms with Crippen LogP contribution in [0.2, 0.25) is 0 Å². The molecule has 22 heavy (non-hydrogen) atoms. The van der Waals surface area contributed by atoms with Crippen LogP contribution in [0.1, 0.15) is 29.8 Å². The van der Waals surface area contributed by atoms with Crippen LogP contribution < -0.4 is 0 Å². The third-order valence-corrected chi connectivity index (χ3v) is 4.09. The van der Waals surface area contributed by atoms with E-state index >= 15 is 0 Å². The van der Waals surface area contributed by atoms with Gasteiger partial charge < -0.3 is 15.2 Å². The molecule has 1 aromatic heterocycles. The molecule has 1 heterocycles. The Morgan fingerprint density at radius 3 is 2.41 bits per heavy atom. The number of rotatable bonds is 5. The molecule has 4 heteroatoms. The number of fused-ring (bicyclic) bond motifs is 1. The third kappa shape index (κ3) is 3.03. The average Bonchev–Trinajstić information content (AvgIpc) is 3.08. The standard InChI is InChI=1S/C18H20N2O2/c1-12(18(22)17-9-19-11-20-17)6-13-2-4-16-8-14(10-21)3-5-15(16)7-13/h2-5,7-9,11-12,18,21-22H,6,10H2,1H3,(H,19,20). The van der Waals surface area contributed by atoms with Gasteiger partial charge in [0.25, 0.3) is 0 Å². The largest absolute Gasteiger partial charge is 0.392 e. The second-order valence-corrected chi connectivity index (χ2v) is 5.81. The van der Waals surface area contributed by atoms with E-state index in [9.17, 15) is 10.2 Å². The van der Waals surface area contributed by atoms with E-state index in [4.69, 9.17) is 0 Å². The molecule has 0 spiro atoms. The van der Waals surface area contributed by atoms with Gasteiger partial charge in [-0.1, -0.05) is 37.3 Å². The van der Waals surface area contributed by atoms with Gasteiger partial charge in [-0.15, -0.1) is 0 Å². The van der Waals surface area contributed by atoms with Crippen molar-refractivity contribution in [3.63, 3.8) is 0 Å². The molecule has 2 aromatic carbocycles. The van der Waals surface area contributed by atoms with Crippen LogP contribution >= 0.6 is 0 Å². The summed E-state index contributed by atoms with van der Waals surface area (Å²) in [7, 11) is 0. The average molecular weight is 296 g/mol. The summed E-state index contributed by atoms with van der Waals surface area (Å²) in [6.45, 7) is 2.09. The van der Waals surface area contributed by atoms with Crippen molar-refractivity contribution in [2.24, 2.45) is 5.92 Å². The molecule has 0 aliphatic heterocycles. The van der Waals surface area contributed by atoms with E-state index in [2.05, 4.69) is 28.2 Å². The van der Waals surface area contributed by atoms with Crippen molar-refractivity contribution in [3.05, 3.63) is 65.7 Å². The summed E-state index contributed by atoms with van der Waals surface area (Å²) in [6, 6.07) is 12.3. The Hall–Kier alpha value is -2.17. The molecule has 0 saturated heterocycles. The minimum absolute atomic E-state index is 0.0606. The van der Waals surface area contributed by atoms with Gasteiger partial charge in [-0.05, 0) is 40.3 Å². The lowest BCUT2D eigenvalue weighted by Crippen LogP contribution is -2.12. The molecule has 114 valence electrons. The summed E-state index contributed by atoms with van der Waals surface area (Å²) < 4.78 is 0. The van der Waals surface area contributed by atoms with E-state index in [0.717, 1.165) is 28.5 Å². The van der Waals surface area contributed by atoms with Crippen LogP contribution in [0.5, 0.6) is 0 Å². The summed E-state index contributed by atoms with van der Waals surface area (Å²) >= 11 is 0. The van der Waals surface area contributed by atoms with Crippen molar-refractivity contribution in [3.8, 4) is 0 Å². The maximum Gasteiger partial charge on any atom is 0.0982 e. The topological polar surface area (TPSA) is 69.1 Å². The van der Waals surface area contributed by atoms with E-state index in [1.54, 1.807) is 12.5 Å². The maximum absolute atomic E-state index is 10.3. The van der Waals surface area contributed by atoms with Crippen LogP contribution in [0, 0.1) is 5.92 Å².